The van der Waals surface area contributed by atoms with Gasteiger partial charge in [0.25, 0.3) is 0 Å². The number of aliphatic hydroxyl groups excluding tert-OH is 2. The van der Waals surface area contributed by atoms with Crippen LogP contribution in [0.2, 0.25) is 0 Å². The minimum Gasteiger partial charge on any atom is -0.390 e. The summed E-state index contributed by atoms with van der Waals surface area (Å²) in [5.74, 6) is -0.330. The fourth-order valence-corrected chi connectivity index (χ4v) is 1.16. The molecule has 1 rings (SSSR count). The molecule has 6 nitrogen and oxygen atoms in total. The van der Waals surface area contributed by atoms with Gasteiger partial charge in [0.15, 0.2) is 6.29 Å². The molecule has 0 aromatic carbocycles. The maximum absolute atomic E-state index is 9.39. The number of aliphatic hydroxyl groups is 2. The summed E-state index contributed by atoms with van der Waals surface area (Å²) in [6, 6.07) is 0. The standard InChI is InChI=1S/C6H11N3O3/c1-3-5(10)4(2-8-9-7)12-6(3)11/h3-6,10-11H,2H2,1H3. The second-order valence-electron chi connectivity index (χ2n) is 2.83. The molecule has 1 heterocycles. The molecule has 0 amide bonds. The van der Waals surface area contributed by atoms with Crippen LogP contribution < -0.4 is 0 Å². The lowest BCUT2D eigenvalue weighted by Gasteiger charge is -2.10. The first-order chi connectivity index (χ1) is 5.66. The van der Waals surface area contributed by atoms with E-state index in [1.807, 2.05) is 0 Å². The number of rotatable bonds is 2. The van der Waals surface area contributed by atoms with Crippen molar-refractivity contribution in [2.45, 2.75) is 25.4 Å². The zero-order valence-corrected chi connectivity index (χ0v) is 6.66. The summed E-state index contributed by atoms with van der Waals surface area (Å²) < 4.78 is 4.93. The maximum Gasteiger partial charge on any atom is 0.160 e. The van der Waals surface area contributed by atoms with Crippen LogP contribution in [0.25, 0.3) is 10.4 Å². The molecule has 1 fully saturated rings. The molecule has 6 heteroatoms. The van der Waals surface area contributed by atoms with Crippen molar-refractivity contribution in [3.8, 4) is 0 Å². The Morgan fingerprint density at radius 3 is 2.67 bits per heavy atom. The van der Waals surface area contributed by atoms with Gasteiger partial charge in [0.2, 0.25) is 0 Å². The highest BCUT2D eigenvalue weighted by Crippen LogP contribution is 2.24. The fourth-order valence-electron chi connectivity index (χ4n) is 1.16. The van der Waals surface area contributed by atoms with Crippen LogP contribution in [0.1, 0.15) is 6.92 Å². The summed E-state index contributed by atoms with van der Waals surface area (Å²) >= 11 is 0. The van der Waals surface area contributed by atoms with E-state index in [1.165, 1.54) is 0 Å². The Hall–Kier alpha value is -0.810. The van der Waals surface area contributed by atoms with E-state index in [4.69, 9.17) is 15.4 Å². The Morgan fingerprint density at radius 2 is 2.25 bits per heavy atom. The van der Waals surface area contributed by atoms with Gasteiger partial charge in [-0.3, -0.25) is 0 Å². The van der Waals surface area contributed by atoms with E-state index in [-0.39, 0.29) is 12.5 Å². The Morgan fingerprint density at radius 1 is 1.58 bits per heavy atom. The van der Waals surface area contributed by atoms with Crippen LogP contribution in [0.15, 0.2) is 5.11 Å². The van der Waals surface area contributed by atoms with E-state index in [0.717, 1.165) is 0 Å². The highest BCUT2D eigenvalue weighted by atomic mass is 16.6. The highest BCUT2D eigenvalue weighted by Gasteiger charge is 2.39. The lowest BCUT2D eigenvalue weighted by atomic mass is 10.0. The van der Waals surface area contributed by atoms with Crippen molar-refractivity contribution >= 4 is 0 Å². The SMILES string of the molecule is CC1C(O)OC(CN=[N+]=[N-])C1O. The molecule has 0 radical (unpaired) electrons. The third-order valence-electron chi connectivity index (χ3n) is 2.01. The Bertz CT molecular complexity index is 204. The molecule has 0 aromatic rings. The monoisotopic (exact) mass is 173 g/mol. The minimum atomic E-state index is -0.959. The average molecular weight is 173 g/mol. The Labute approximate surface area is 69.4 Å². The summed E-state index contributed by atoms with van der Waals surface area (Å²) in [7, 11) is 0. The zero-order chi connectivity index (χ0) is 9.14. The lowest BCUT2D eigenvalue weighted by Crippen LogP contribution is -2.27. The third kappa shape index (κ3) is 1.67. The zero-order valence-electron chi connectivity index (χ0n) is 6.66. The first-order valence-corrected chi connectivity index (χ1v) is 3.69. The molecular weight excluding hydrogens is 162 g/mol. The minimum absolute atomic E-state index is 0.0546. The predicted molar refractivity (Wildman–Crippen MR) is 40.1 cm³/mol. The highest BCUT2D eigenvalue weighted by molar-refractivity contribution is 4.84. The Kier molecular flexibility index (Phi) is 2.88. The number of azide groups is 1. The van der Waals surface area contributed by atoms with E-state index in [1.54, 1.807) is 6.92 Å². The van der Waals surface area contributed by atoms with Crippen LogP contribution in [-0.4, -0.2) is 35.3 Å². The predicted octanol–water partition coefficient (Wildman–Crippen LogP) is 0.0109. The first kappa shape index (κ1) is 9.28. The van der Waals surface area contributed by atoms with Crippen LogP contribution in [-0.2, 0) is 4.74 Å². The molecule has 0 aliphatic carbocycles. The molecule has 68 valence electrons. The molecule has 4 atom stereocenters. The fraction of sp³-hybridized carbons (Fsp3) is 1.00. The molecular formula is C6H11N3O3. The van der Waals surface area contributed by atoms with E-state index in [2.05, 4.69) is 10.0 Å². The number of hydrogen-bond acceptors (Lipinski definition) is 4. The van der Waals surface area contributed by atoms with E-state index in [9.17, 15) is 5.11 Å². The lowest BCUT2D eigenvalue weighted by molar-refractivity contribution is -0.103. The second kappa shape index (κ2) is 3.73. The van der Waals surface area contributed by atoms with Gasteiger partial charge in [-0.1, -0.05) is 12.0 Å². The topological polar surface area (TPSA) is 98.5 Å². The summed E-state index contributed by atoms with van der Waals surface area (Å²) in [4.78, 5) is 2.54. The maximum atomic E-state index is 9.39. The molecule has 0 saturated carbocycles. The summed E-state index contributed by atoms with van der Waals surface area (Å²) in [6.07, 6.45) is -2.30. The molecule has 1 aliphatic heterocycles. The smallest absolute Gasteiger partial charge is 0.160 e. The van der Waals surface area contributed by atoms with E-state index >= 15 is 0 Å². The van der Waals surface area contributed by atoms with Gasteiger partial charge >= 0.3 is 0 Å². The van der Waals surface area contributed by atoms with Crippen LogP contribution in [0.5, 0.6) is 0 Å². The van der Waals surface area contributed by atoms with Crippen molar-refractivity contribution in [1.82, 2.24) is 0 Å². The van der Waals surface area contributed by atoms with Crippen LogP contribution in [0.3, 0.4) is 0 Å². The number of nitrogens with zero attached hydrogens (tertiary/aromatic N) is 3. The van der Waals surface area contributed by atoms with Crippen molar-refractivity contribution in [2.75, 3.05) is 6.54 Å². The number of ether oxygens (including phenoxy) is 1. The van der Waals surface area contributed by atoms with Crippen LogP contribution in [0.4, 0.5) is 0 Å². The van der Waals surface area contributed by atoms with Crippen molar-refractivity contribution < 1.29 is 14.9 Å². The van der Waals surface area contributed by atoms with Gasteiger partial charge in [-0.25, -0.2) is 0 Å². The van der Waals surface area contributed by atoms with Gasteiger partial charge < -0.3 is 14.9 Å². The van der Waals surface area contributed by atoms with Gasteiger partial charge in [-0.2, -0.15) is 0 Å². The van der Waals surface area contributed by atoms with Crippen molar-refractivity contribution in [3.05, 3.63) is 10.4 Å². The van der Waals surface area contributed by atoms with E-state index < -0.39 is 18.5 Å². The van der Waals surface area contributed by atoms with Crippen LogP contribution in [0, 0.1) is 5.92 Å². The summed E-state index contributed by atoms with van der Waals surface area (Å²) in [5, 5.41) is 21.8. The molecule has 0 aromatic heterocycles. The second-order valence-corrected chi connectivity index (χ2v) is 2.83. The summed E-state index contributed by atoms with van der Waals surface area (Å²) in [6.45, 7) is 1.73. The molecule has 1 aliphatic rings. The molecule has 1 saturated heterocycles. The van der Waals surface area contributed by atoms with Crippen molar-refractivity contribution in [3.63, 3.8) is 0 Å². The molecule has 4 unspecified atom stereocenters. The molecule has 2 N–H and O–H groups in total. The quantitative estimate of drug-likeness (QED) is 0.349. The van der Waals surface area contributed by atoms with Gasteiger partial charge in [-0.05, 0) is 5.53 Å². The van der Waals surface area contributed by atoms with Crippen LogP contribution >= 0.6 is 0 Å². The first-order valence-electron chi connectivity index (χ1n) is 3.69. The van der Waals surface area contributed by atoms with Gasteiger partial charge in [0, 0.05) is 10.8 Å². The van der Waals surface area contributed by atoms with Gasteiger partial charge in [-0.15, -0.1) is 0 Å². The largest absolute Gasteiger partial charge is 0.390 e. The van der Waals surface area contributed by atoms with Gasteiger partial charge in [0.05, 0.1) is 18.8 Å². The van der Waals surface area contributed by atoms with Crippen molar-refractivity contribution in [1.29, 1.82) is 0 Å². The number of hydrogen-bond donors (Lipinski definition) is 2. The third-order valence-corrected chi connectivity index (χ3v) is 2.01. The average Bonchev–Trinajstić information content (AvgIpc) is 2.30. The Balaban J connectivity index is 2.52. The molecule has 0 spiro atoms. The molecule has 12 heavy (non-hydrogen) atoms. The summed E-state index contributed by atoms with van der Waals surface area (Å²) in [5.41, 5.74) is 8.00. The normalized spacial score (nSPS) is 40.9. The van der Waals surface area contributed by atoms with E-state index in [0.29, 0.717) is 0 Å². The van der Waals surface area contributed by atoms with Gasteiger partial charge in [0.1, 0.15) is 0 Å². The van der Waals surface area contributed by atoms with Crippen molar-refractivity contribution in [2.24, 2.45) is 11.0 Å². The molecule has 0 bridgehead atoms.